The predicted molar refractivity (Wildman–Crippen MR) is 68.6 cm³/mol. The van der Waals surface area contributed by atoms with E-state index in [1.807, 2.05) is 0 Å². The number of guanidine groups is 2. The van der Waals surface area contributed by atoms with E-state index in [0.717, 1.165) is 6.07 Å². The zero-order valence-electron chi connectivity index (χ0n) is 9.17. The molecule has 104 valence electrons. The van der Waals surface area contributed by atoms with Crippen molar-refractivity contribution in [3.8, 4) is 0 Å². The van der Waals surface area contributed by atoms with Crippen LogP contribution in [-0.4, -0.2) is 11.9 Å². The van der Waals surface area contributed by atoms with E-state index in [9.17, 15) is 13.2 Å². The average Bonchev–Trinajstić information content (AvgIpc) is 2.19. The molecular formula is C9H8Cl2F3N5. The van der Waals surface area contributed by atoms with Gasteiger partial charge >= 0.3 is 6.18 Å². The molecule has 0 amide bonds. The largest absolute Gasteiger partial charge is 0.417 e. The molecule has 0 aliphatic carbocycles. The van der Waals surface area contributed by atoms with Crippen LogP contribution < -0.4 is 17.2 Å². The molecule has 1 aromatic carbocycles. The highest BCUT2D eigenvalue weighted by Crippen LogP contribution is 2.41. The van der Waals surface area contributed by atoms with Gasteiger partial charge in [0.05, 0.1) is 16.3 Å². The summed E-state index contributed by atoms with van der Waals surface area (Å²) in [5.74, 6) is -0.840. The Hall–Kier alpha value is -1.67. The lowest BCUT2D eigenvalue weighted by Crippen LogP contribution is -2.26. The number of nitrogens with zero attached hydrogens (tertiary/aromatic N) is 2. The number of benzene rings is 1. The summed E-state index contributed by atoms with van der Waals surface area (Å²) in [6.45, 7) is 0. The van der Waals surface area contributed by atoms with E-state index < -0.39 is 28.7 Å². The summed E-state index contributed by atoms with van der Waals surface area (Å²) in [6.07, 6.45) is -4.67. The SMILES string of the molecule is NC(N)=NC(N)=Nc1cc(Cl)cc(C(F)(F)F)c1Cl. The van der Waals surface area contributed by atoms with Crippen LogP contribution in [0.25, 0.3) is 0 Å². The lowest BCUT2D eigenvalue weighted by atomic mass is 10.2. The Morgan fingerprint density at radius 1 is 1.11 bits per heavy atom. The van der Waals surface area contributed by atoms with Crippen molar-refractivity contribution >= 4 is 40.8 Å². The van der Waals surface area contributed by atoms with Gasteiger partial charge in [-0.3, -0.25) is 0 Å². The highest BCUT2D eigenvalue weighted by atomic mass is 35.5. The van der Waals surface area contributed by atoms with Crippen molar-refractivity contribution in [1.82, 2.24) is 0 Å². The maximum atomic E-state index is 12.7. The third kappa shape index (κ3) is 4.18. The average molecular weight is 314 g/mol. The molecule has 19 heavy (non-hydrogen) atoms. The molecule has 6 N–H and O–H groups in total. The first-order valence-electron chi connectivity index (χ1n) is 4.61. The lowest BCUT2D eigenvalue weighted by Gasteiger charge is -2.11. The molecule has 0 radical (unpaired) electrons. The highest BCUT2D eigenvalue weighted by molar-refractivity contribution is 6.36. The van der Waals surface area contributed by atoms with Gasteiger partial charge in [-0.15, -0.1) is 0 Å². The summed E-state index contributed by atoms with van der Waals surface area (Å²) in [7, 11) is 0. The minimum atomic E-state index is -4.67. The Kier molecular flexibility index (Phi) is 4.48. The molecule has 0 spiro atoms. The van der Waals surface area contributed by atoms with Crippen LogP contribution in [0.4, 0.5) is 18.9 Å². The summed E-state index contributed by atoms with van der Waals surface area (Å²) in [4.78, 5) is 6.92. The summed E-state index contributed by atoms with van der Waals surface area (Å²) in [5.41, 5.74) is 14.0. The quantitative estimate of drug-likeness (QED) is 0.547. The van der Waals surface area contributed by atoms with Crippen LogP contribution in [0.15, 0.2) is 22.1 Å². The number of aliphatic imine (C=N–C) groups is 2. The molecule has 1 rings (SSSR count). The van der Waals surface area contributed by atoms with E-state index in [2.05, 4.69) is 9.98 Å². The summed E-state index contributed by atoms with van der Waals surface area (Å²) >= 11 is 11.2. The molecule has 0 aromatic heterocycles. The standard InChI is InChI=1S/C9H8Cl2F3N5/c10-3-1-4(9(12,13)14)6(11)5(2-3)18-8(17)19-7(15)16/h1-2H,(H6,15,16,17,18,19). The smallest absolute Gasteiger partial charge is 0.370 e. The van der Waals surface area contributed by atoms with Gasteiger partial charge < -0.3 is 17.2 Å². The monoisotopic (exact) mass is 313 g/mol. The van der Waals surface area contributed by atoms with Crippen LogP contribution in [0.3, 0.4) is 0 Å². The zero-order valence-corrected chi connectivity index (χ0v) is 10.7. The molecule has 0 atom stereocenters. The van der Waals surface area contributed by atoms with Gasteiger partial charge in [-0.2, -0.15) is 18.2 Å². The van der Waals surface area contributed by atoms with Crippen LogP contribution in [-0.2, 0) is 6.18 Å². The molecule has 0 aliphatic rings. The first kappa shape index (κ1) is 15.4. The second kappa shape index (κ2) is 5.54. The van der Waals surface area contributed by atoms with Crippen LogP contribution in [0.5, 0.6) is 0 Å². The predicted octanol–water partition coefficient (Wildman–Crippen LogP) is 2.23. The van der Waals surface area contributed by atoms with Crippen molar-refractivity contribution < 1.29 is 13.2 Å². The summed E-state index contributed by atoms with van der Waals surface area (Å²) < 4.78 is 38.0. The molecule has 0 bridgehead atoms. The van der Waals surface area contributed by atoms with Gasteiger partial charge in [0.2, 0.25) is 5.96 Å². The van der Waals surface area contributed by atoms with Gasteiger partial charge in [0.25, 0.3) is 0 Å². The number of nitrogens with two attached hydrogens (primary N) is 3. The molecule has 0 saturated heterocycles. The van der Waals surface area contributed by atoms with Gasteiger partial charge in [-0.25, -0.2) is 4.99 Å². The number of rotatable bonds is 1. The normalized spacial score (nSPS) is 12.4. The number of alkyl halides is 3. The van der Waals surface area contributed by atoms with Crippen molar-refractivity contribution in [2.24, 2.45) is 27.2 Å². The highest BCUT2D eigenvalue weighted by Gasteiger charge is 2.34. The van der Waals surface area contributed by atoms with E-state index in [1.165, 1.54) is 0 Å². The molecule has 0 unspecified atom stereocenters. The van der Waals surface area contributed by atoms with E-state index in [4.69, 9.17) is 40.4 Å². The fourth-order valence-electron chi connectivity index (χ4n) is 1.14. The molecule has 0 heterocycles. The Labute approximate surface area is 115 Å². The van der Waals surface area contributed by atoms with Crippen molar-refractivity contribution in [2.45, 2.75) is 6.18 Å². The summed E-state index contributed by atoms with van der Waals surface area (Å²) in [5, 5.41) is -0.849. The molecule has 0 aliphatic heterocycles. The summed E-state index contributed by atoms with van der Waals surface area (Å²) in [6, 6.07) is 1.79. The third-order valence-corrected chi connectivity index (χ3v) is 2.42. The lowest BCUT2D eigenvalue weighted by molar-refractivity contribution is -0.137. The molecule has 1 aromatic rings. The Morgan fingerprint density at radius 2 is 1.68 bits per heavy atom. The minimum Gasteiger partial charge on any atom is -0.370 e. The zero-order chi connectivity index (χ0) is 14.8. The third-order valence-electron chi connectivity index (χ3n) is 1.80. The first-order chi connectivity index (χ1) is 8.61. The number of hydrogen-bond donors (Lipinski definition) is 3. The Balaban J connectivity index is 3.38. The van der Waals surface area contributed by atoms with Crippen molar-refractivity contribution in [3.63, 3.8) is 0 Å². The fourth-order valence-corrected chi connectivity index (χ4v) is 1.61. The number of halogens is 5. The second-order valence-electron chi connectivity index (χ2n) is 3.29. The maximum absolute atomic E-state index is 12.7. The topological polar surface area (TPSA) is 103 Å². The molecular weight excluding hydrogens is 306 g/mol. The van der Waals surface area contributed by atoms with Gasteiger partial charge in [0, 0.05) is 5.02 Å². The molecule has 0 saturated carbocycles. The first-order valence-corrected chi connectivity index (χ1v) is 5.37. The van der Waals surface area contributed by atoms with E-state index in [1.54, 1.807) is 0 Å². The van der Waals surface area contributed by atoms with Crippen LogP contribution in [0.1, 0.15) is 5.56 Å². The molecule has 10 heteroatoms. The Bertz CT molecular complexity index is 550. The van der Waals surface area contributed by atoms with Crippen LogP contribution >= 0.6 is 23.2 Å². The van der Waals surface area contributed by atoms with Gasteiger partial charge in [0.1, 0.15) is 0 Å². The second-order valence-corrected chi connectivity index (χ2v) is 4.11. The van der Waals surface area contributed by atoms with Gasteiger partial charge in [-0.05, 0) is 12.1 Å². The minimum absolute atomic E-state index is 0.201. The van der Waals surface area contributed by atoms with E-state index in [0.29, 0.717) is 6.07 Å². The van der Waals surface area contributed by atoms with Crippen molar-refractivity contribution in [3.05, 3.63) is 27.7 Å². The van der Waals surface area contributed by atoms with E-state index in [-0.39, 0.29) is 10.7 Å². The van der Waals surface area contributed by atoms with Gasteiger partial charge in [0.15, 0.2) is 5.96 Å². The maximum Gasteiger partial charge on any atom is 0.417 e. The fraction of sp³-hybridized carbons (Fsp3) is 0.111. The van der Waals surface area contributed by atoms with Crippen LogP contribution in [0.2, 0.25) is 10.0 Å². The number of hydrogen-bond acceptors (Lipinski definition) is 1. The van der Waals surface area contributed by atoms with Crippen molar-refractivity contribution in [1.29, 1.82) is 0 Å². The van der Waals surface area contributed by atoms with Crippen LogP contribution in [0, 0.1) is 0 Å². The Morgan fingerprint density at radius 3 is 2.16 bits per heavy atom. The van der Waals surface area contributed by atoms with Crippen molar-refractivity contribution in [2.75, 3.05) is 0 Å². The van der Waals surface area contributed by atoms with E-state index >= 15 is 0 Å². The molecule has 5 nitrogen and oxygen atoms in total. The van der Waals surface area contributed by atoms with Gasteiger partial charge in [-0.1, -0.05) is 23.2 Å². The molecule has 0 fully saturated rings.